The highest BCUT2D eigenvalue weighted by molar-refractivity contribution is 5.40. The van der Waals surface area contributed by atoms with Crippen molar-refractivity contribution in [3.63, 3.8) is 0 Å². The maximum Gasteiger partial charge on any atom is 0.157 e. The Bertz CT molecular complexity index is 263. The van der Waals surface area contributed by atoms with Gasteiger partial charge in [-0.1, -0.05) is 6.07 Å². The number of carbonyl (C=O) groups is 1. The number of hydrogen-bond acceptors (Lipinski definition) is 4. The molecule has 0 aliphatic carbocycles. The van der Waals surface area contributed by atoms with Gasteiger partial charge in [-0.25, -0.2) is 0 Å². The van der Waals surface area contributed by atoms with E-state index in [-0.39, 0.29) is 11.5 Å². The highest BCUT2D eigenvalue weighted by Gasteiger charge is 1.98. The minimum absolute atomic E-state index is 0.0871. The zero-order valence-corrected chi connectivity index (χ0v) is 7.23. The van der Waals surface area contributed by atoms with E-state index in [4.69, 9.17) is 20.7 Å². The molecule has 0 heterocycles. The molecule has 0 aliphatic heterocycles. The monoisotopic (exact) mass is 183 g/mol. The summed E-state index contributed by atoms with van der Waals surface area (Å²) in [5.74, 6) is -0.179. The van der Waals surface area contributed by atoms with Gasteiger partial charge < -0.3 is 20.7 Å². The zero-order valence-electron chi connectivity index (χ0n) is 7.23. The minimum atomic E-state index is -0.0919. The molecule has 72 valence electrons. The number of nitrogens with two attached hydrogens (primary N) is 1. The fraction of sp³-hybridized carbons (Fsp3) is 0.222. The quantitative estimate of drug-likeness (QED) is 0.580. The van der Waals surface area contributed by atoms with Gasteiger partial charge in [0.05, 0.1) is 0 Å². The van der Waals surface area contributed by atoms with Crippen LogP contribution < -0.4 is 5.73 Å². The van der Waals surface area contributed by atoms with Crippen molar-refractivity contribution in [2.24, 2.45) is 5.73 Å². The second-order valence-electron chi connectivity index (χ2n) is 2.36. The molecule has 4 nitrogen and oxygen atoms in total. The van der Waals surface area contributed by atoms with Gasteiger partial charge in [0.15, 0.2) is 11.5 Å². The van der Waals surface area contributed by atoms with Crippen molar-refractivity contribution in [2.75, 3.05) is 6.54 Å². The first-order chi connectivity index (χ1) is 6.24. The standard InChI is InChI=1S/C8H11NO2.CH2O/c9-4-3-6-1-2-7(10)8(11)5-6;1-2/h1-2,5,10-11H,3-4,9H2;1H2. The van der Waals surface area contributed by atoms with Gasteiger partial charge in [0.25, 0.3) is 0 Å². The molecule has 0 atom stereocenters. The Balaban J connectivity index is 0.000000671. The normalized spacial score (nSPS) is 8.69. The van der Waals surface area contributed by atoms with Crippen molar-refractivity contribution in [1.82, 2.24) is 0 Å². The van der Waals surface area contributed by atoms with E-state index in [2.05, 4.69) is 0 Å². The maximum absolute atomic E-state index is 9.04. The molecule has 0 bridgehead atoms. The molecule has 0 amide bonds. The highest BCUT2D eigenvalue weighted by Crippen LogP contribution is 2.24. The van der Waals surface area contributed by atoms with Gasteiger partial charge in [-0.05, 0) is 30.7 Å². The summed E-state index contributed by atoms with van der Waals surface area (Å²) in [6, 6.07) is 4.71. The SMILES string of the molecule is C=O.NCCc1ccc(O)c(O)c1. The Hall–Kier alpha value is -1.55. The van der Waals surface area contributed by atoms with Crippen LogP contribution in [0, 0.1) is 0 Å². The molecule has 0 fully saturated rings. The molecular formula is C9H13NO3. The van der Waals surface area contributed by atoms with Crippen LogP contribution in [-0.4, -0.2) is 23.5 Å². The minimum Gasteiger partial charge on any atom is -0.504 e. The fourth-order valence-corrected chi connectivity index (χ4v) is 0.891. The van der Waals surface area contributed by atoms with E-state index >= 15 is 0 Å². The number of hydrogen-bond donors (Lipinski definition) is 3. The van der Waals surface area contributed by atoms with Crippen molar-refractivity contribution >= 4 is 6.79 Å². The Morgan fingerprint density at radius 1 is 1.23 bits per heavy atom. The first-order valence-corrected chi connectivity index (χ1v) is 3.74. The summed E-state index contributed by atoms with van der Waals surface area (Å²) in [5, 5.41) is 18.0. The average Bonchev–Trinajstić information content (AvgIpc) is 2.15. The van der Waals surface area contributed by atoms with Gasteiger partial charge in [-0.2, -0.15) is 0 Å². The summed E-state index contributed by atoms with van der Waals surface area (Å²) < 4.78 is 0. The molecule has 1 aromatic rings. The number of aromatic hydroxyl groups is 2. The topological polar surface area (TPSA) is 83.6 Å². The van der Waals surface area contributed by atoms with Gasteiger partial charge >= 0.3 is 0 Å². The molecule has 1 rings (SSSR count). The van der Waals surface area contributed by atoms with E-state index < -0.39 is 0 Å². The van der Waals surface area contributed by atoms with Crippen molar-refractivity contribution in [2.45, 2.75) is 6.42 Å². The van der Waals surface area contributed by atoms with Crippen LogP contribution in [0.4, 0.5) is 0 Å². The van der Waals surface area contributed by atoms with Crippen molar-refractivity contribution in [1.29, 1.82) is 0 Å². The van der Waals surface area contributed by atoms with Crippen LogP contribution >= 0.6 is 0 Å². The molecular weight excluding hydrogens is 170 g/mol. The Kier molecular flexibility index (Phi) is 5.30. The highest BCUT2D eigenvalue weighted by atomic mass is 16.3. The molecule has 0 saturated heterocycles. The van der Waals surface area contributed by atoms with Gasteiger partial charge in [0, 0.05) is 0 Å². The van der Waals surface area contributed by atoms with Crippen LogP contribution in [0.2, 0.25) is 0 Å². The molecule has 4 N–H and O–H groups in total. The molecule has 0 spiro atoms. The van der Waals surface area contributed by atoms with Crippen LogP contribution in [0.1, 0.15) is 5.56 Å². The van der Waals surface area contributed by atoms with Crippen LogP contribution in [-0.2, 0) is 11.2 Å². The van der Waals surface area contributed by atoms with Crippen molar-refractivity contribution in [3.8, 4) is 11.5 Å². The molecule has 4 heteroatoms. The lowest BCUT2D eigenvalue weighted by molar-refractivity contribution is -0.0979. The molecule has 13 heavy (non-hydrogen) atoms. The van der Waals surface area contributed by atoms with Crippen LogP contribution in [0.15, 0.2) is 18.2 Å². The van der Waals surface area contributed by atoms with E-state index in [1.807, 2.05) is 6.79 Å². The van der Waals surface area contributed by atoms with E-state index in [1.165, 1.54) is 12.1 Å². The Morgan fingerprint density at radius 2 is 1.85 bits per heavy atom. The van der Waals surface area contributed by atoms with Gasteiger partial charge in [0.2, 0.25) is 0 Å². The maximum atomic E-state index is 9.04. The lowest BCUT2D eigenvalue weighted by atomic mass is 10.1. The summed E-state index contributed by atoms with van der Waals surface area (Å²) >= 11 is 0. The van der Waals surface area contributed by atoms with Crippen molar-refractivity contribution < 1.29 is 15.0 Å². The second-order valence-corrected chi connectivity index (χ2v) is 2.36. The van der Waals surface area contributed by atoms with Gasteiger partial charge in [-0.3, -0.25) is 0 Å². The number of rotatable bonds is 2. The number of phenolic OH excluding ortho intramolecular Hbond substituents is 2. The Morgan fingerprint density at radius 3 is 2.31 bits per heavy atom. The lowest BCUT2D eigenvalue weighted by Crippen LogP contribution is -2.02. The number of carbonyl (C=O) groups excluding carboxylic acids is 1. The molecule has 0 aliphatic rings. The average molecular weight is 183 g/mol. The van der Waals surface area contributed by atoms with Crippen LogP contribution in [0.25, 0.3) is 0 Å². The smallest absolute Gasteiger partial charge is 0.157 e. The van der Waals surface area contributed by atoms with Gasteiger partial charge in [0.1, 0.15) is 6.79 Å². The van der Waals surface area contributed by atoms with E-state index in [9.17, 15) is 0 Å². The second kappa shape index (κ2) is 6.02. The van der Waals surface area contributed by atoms with E-state index in [0.29, 0.717) is 13.0 Å². The van der Waals surface area contributed by atoms with E-state index in [1.54, 1.807) is 6.07 Å². The largest absolute Gasteiger partial charge is 0.504 e. The first-order valence-electron chi connectivity index (χ1n) is 3.74. The Labute approximate surface area is 76.6 Å². The summed E-state index contributed by atoms with van der Waals surface area (Å²) in [7, 11) is 0. The third-order valence-electron chi connectivity index (χ3n) is 1.47. The number of benzene rings is 1. The van der Waals surface area contributed by atoms with Gasteiger partial charge in [-0.15, -0.1) is 0 Å². The third-order valence-corrected chi connectivity index (χ3v) is 1.47. The van der Waals surface area contributed by atoms with Crippen molar-refractivity contribution in [3.05, 3.63) is 23.8 Å². The predicted octanol–water partition coefficient (Wildman–Crippen LogP) is 0.414. The zero-order chi connectivity index (χ0) is 10.3. The molecule has 0 saturated carbocycles. The fourth-order valence-electron chi connectivity index (χ4n) is 0.891. The molecule has 1 aromatic carbocycles. The summed E-state index contributed by atoms with van der Waals surface area (Å²) in [6.07, 6.45) is 0.716. The molecule has 0 unspecified atom stereocenters. The molecule has 0 aromatic heterocycles. The predicted molar refractivity (Wildman–Crippen MR) is 49.7 cm³/mol. The summed E-state index contributed by atoms with van der Waals surface area (Å²) in [5.41, 5.74) is 6.24. The first kappa shape index (κ1) is 11.4. The lowest BCUT2D eigenvalue weighted by Gasteiger charge is -2.00. The summed E-state index contributed by atoms with van der Waals surface area (Å²) in [6.45, 7) is 2.55. The third kappa shape index (κ3) is 3.57. The number of phenols is 2. The van der Waals surface area contributed by atoms with E-state index in [0.717, 1.165) is 5.56 Å². The van der Waals surface area contributed by atoms with Crippen LogP contribution in [0.3, 0.4) is 0 Å². The molecule has 0 radical (unpaired) electrons. The van der Waals surface area contributed by atoms with Crippen LogP contribution in [0.5, 0.6) is 11.5 Å². The summed E-state index contributed by atoms with van der Waals surface area (Å²) in [4.78, 5) is 8.00.